The van der Waals surface area contributed by atoms with Gasteiger partial charge in [0.15, 0.2) is 24.0 Å². The number of carbonyl (C=O) groups is 1. The van der Waals surface area contributed by atoms with E-state index in [1.54, 1.807) is 19.9 Å². The summed E-state index contributed by atoms with van der Waals surface area (Å²) in [4.78, 5) is 35.1. The molecule has 0 radical (unpaired) electrons. The fourth-order valence-electron chi connectivity index (χ4n) is 4.05. The van der Waals surface area contributed by atoms with Gasteiger partial charge in [-0.25, -0.2) is 13.8 Å². The molecule has 0 saturated carbocycles. The van der Waals surface area contributed by atoms with Gasteiger partial charge in [0.1, 0.15) is 11.2 Å². The molecule has 1 amide bonds. The highest BCUT2D eigenvalue weighted by atomic mass is 35.5. The summed E-state index contributed by atoms with van der Waals surface area (Å²) in [5.74, 6) is -0.661. The van der Waals surface area contributed by atoms with Crippen LogP contribution in [0.4, 0.5) is 26.2 Å². The van der Waals surface area contributed by atoms with Gasteiger partial charge in [-0.1, -0.05) is 39.3 Å². The third kappa shape index (κ3) is 7.59. The van der Waals surface area contributed by atoms with Crippen LogP contribution in [0.2, 0.25) is 5.02 Å². The number of halogens is 3. The minimum Gasteiger partial charge on any atom is -0.478 e. The van der Waals surface area contributed by atoms with Crippen molar-refractivity contribution in [2.75, 3.05) is 37.0 Å². The van der Waals surface area contributed by atoms with E-state index in [-0.39, 0.29) is 40.3 Å². The second-order valence-corrected chi connectivity index (χ2v) is 9.16. The van der Waals surface area contributed by atoms with Crippen LogP contribution in [0.1, 0.15) is 60.4 Å². The molecule has 2 N–H and O–H groups in total. The molecule has 220 valence electrons. The number of amides is 1. The molecule has 0 bridgehead atoms. The van der Waals surface area contributed by atoms with Crippen molar-refractivity contribution < 1.29 is 18.3 Å². The average Bonchev–Trinajstić information content (AvgIpc) is 2.97. The predicted molar refractivity (Wildman–Crippen MR) is 157 cm³/mol. The molecule has 0 unspecified atom stereocenters. The first-order valence-corrected chi connectivity index (χ1v) is 14.0. The van der Waals surface area contributed by atoms with Gasteiger partial charge in [-0.05, 0) is 44.9 Å². The summed E-state index contributed by atoms with van der Waals surface area (Å²) in [7, 11) is 1.45. The number of carbonyl (C=O) groups excluding carboxylic acids is 1. The Labute approximate surface area is 238 Å². The summed E-state index contributed by atoms with van der Waals surface area (Å²) in [5.41, 5.74) is -0.0290. The first-order valence-electron chi connectivity index (χ1n) is 13.6. The van der Waals surface area contributed by atoms with Gasteiger partial charge < -0.3 is 24.8 Å². The van der Waals surface area contributed by atoms with Gasteiger partial charge in [0, 0.05) is 31.6 Å². The number of ether oxygens (including phenoxy) is 1. The summed E-state index contributed by atoms with van der Waals surface area (Å²) < 4.78 is 36.1. The lowest BCUT2D eigenvalue weighted by Crippen LogP contribution is -2.35. The highest BCUT2D eigenvalue weighted by molar-refractivity contribution is 6.32. The summed E-state index contributed by atoms with van der Waals surface area (Å²) in [6, 6.07) is 4.10. The number of likely N-dealkylation sites (N-methyl/N-ethyl adjacent to an activating group) is 1. The van der Waals surface area contributed by atoms with E-state index in [0.29, 0.717) is 37.4 Å². The van der Waals surface area contributed by atoms with Crippen LogP contribution >= 0.6 is 11.6 Å². The van der Waals surface area contributed by atoms with E-state index in [1.807, 2.05) is 32.6 Å². The van der Waals surface area contributed by atoms with E-state index in [4.69, 9.17) is 16.3 Å². The van der Waals surface area contributed by atoms with Gasteiger partial charge in [-0.15, -0.1) is 0 Å². The molecule has 2 aromatic heterocycles. The molecule has 1 aliphatic rings. The number of anilines is 3. The molecule has 0 aliphatic carbocycles. The number of alkyl halides is 1. The Hall–Kier alpha value is -3.47. The Morgan fingerprint density at radius 1 is 1.20 bits per heavy atom. The number of piperidine rings is 1. The van der Waals surface area contributed by atoms with Crippen LogP contribution in [0, 0.1) is 5.82 Å². The van der Waals surface area contributed by atoms with Gasteiger partial charge >= 0.3 is 0 Å². The maximum atomic E-state index is 15.8. The van der Waals surface area contributed by atoms with Crippen molar-refractivity contribution in [1.82, 2.24) is 19.9 Å². The van der Waals surface area contributed by atoms with Crippen molar-refractivity contribution in [2.24, 2.45) is 0 Å². The molecule has 1 fully saturated rings. The standard InChI is InChI=1S/C24H27ClF2N6O3.2C2H6/c1-13(2)33-18-5-4-17(21(27)15(18)10-19(23(33)35)36-12-20(34)28-3)30-22-16(25)11-29-24(31-22)32-8-6-14(26)7-9-32;2*1-2/h4-5,10-11,13-14H,6-9,12H2,1-3H3,(H,28,34)(H,29,30,31);2*1-2H3. The molecule has 1 aliphatic heterocycles. The Balaban J connectivity index is 0.00000134. The Morgan fingerprint density at radius 2 is 1.85 bits per heavy atom. The summed E-state index contributed by atoms with van der Waals surface area (Å²) in [5, 5.41) is 5.62. The number of nitrogens with zero attached hydrogens (tertiary/aromatic N) is 4. The molecule has 3 heterocycles. The van der Waals surface area contributed by atoms with Gasteiger partial charge in [0.05, 0.1) is 17.4 Å². The molecule has 12 heteroatoms. The SMILES string of the molecule is CC.CC.CNC(=O)COc1cc2c(F)c(Nc3nc(N4CCC(F)CC4)ncc3Cl)ccc2n(C(C)C)c1=O. The lowest BCUT2D eigenvalue weighted by atomic mass is 10.1. The van der Waals surface area contributed by atoms with Crippen LogP contribution in [0.25, 0.3) is 10.9 Å². The lowest BCUT2D eigenvalue weighted by molar-refractivity contribution is -0.122. The fourth-order valence-corrected chi connectivity index (χ4v) is 4.19. The van der Waals surface area contributed by atoms with Crippen molar-refractivity contribution in [3.8, 4) is 5.75 Å². The van der Waals surface area contributed by atoms with E-state index in [2.05, 4.69) is 20.6 Å². The predicted octanol–water partition coefficient (Wildman–Crippen LogP) is 6.02. The minimum atomic E-state index is -0.841. The average molecular weight is 581 g/mol. The van der Waals surface area contributed by atoms with E-state index in [0.717, 1.165) is 0 Å². The van der Waals surface area contributed by atoms with Crippen molar-refractivity contribution in [3.05, 3.63) is 45.6 Å². The molecule has 40 heavy (non-hydrogen) atoms. The lowest BCUT2D eigenvalue weighted by Gasteiger charge is -2.28. The zero-order valence-electron chi connectivity index (χ0n) is 24.1. The molecular formula is C28H39ClF2N6O3. The van der Waals surface area contributed by atoms with Gasteiger partial charge in [0.2, 0.25) is 5.95 Å². The fraction of sp³-hybridized carbons (Fsp3) is 0.500. The number of hydrogen-bond acceptors (Lipinski definition) is 7. The largest absolute Gasteiger partial charge is 0.478 e. The molecule has 0 atom stereocenters. The van der Waals surface area contributed by atoms with Crippen molar-refractivity contribution in [1.29, 1.82) is 0 Å². The smallest absolute Gasteiger partial charge is 0.293 e. The van der Waals surface area contributed by atoms with Gasteiger partial charge in [-0.2, -0.15) is 4.98 Å². The van der Waals surface area contributed by atoms with Crippen molar-refractivity contribution in [3.63, 3.8) is 0 Å². The highest BCUT2D eigenvalue weighted by Gasteiger charge is 2.22. The topological polar surface area (TPSA) is 101 Å². The molecular weight excluding hydrogens is 542 g/mol. The van der Waals surface area contributed by atoms with Crippen LogP contribution in [-0.2, 0) is 4.79 Å². The zero-order chi connectivity index (χ0) is 30.0. The quantitative estimate of drug-likeness (QED) is 0.352. The summed E-state index contributed by atoms with van der Waals surface area (Å²) >= 11 is 6.28. The first kappa shape index (κ1) is 32.7. The molecule has 9 nitrogen and oxygen atoms in total. The Morgan fingerprint density at radius 3 is 2.45 bits per heavy atom. The van der Waals surface area contributed by atoms with Crippen LogP contribution < -0.4 is 25.8 Å². The van der Waals surface area contributed by atoms with E-state index in [9.17, 15) is 14.0 Å². The minimum absolute atomic E-state index is 0.0720. The number of rotatable bonds is 7. The van der Waals surface area contributed by atoms with E-state index >= 15 is 4.39 Å². The summed E-state index contributed by atoms with van der Waals surface area (Å²) in [6.07, 6.45) is 1.34. The van der Waals surface area contributed by atoms with Crippen LogP contribution in [-0.4, -0.2) is 53.4 Å². The second kappa shape index (κ2) is 15.4. The number of nitrogens with one attached hydrogen (secondary N) is 2. The number of hydrogen-bond donors (Lipinski definition) is 2. The third-order valence-electron chi connectivity index (χ3n) is 5.97. The first-order chi connectivity index (χ1) is 19.2. The van der Waals surface area contributed by atoms with Gasteiger partial charge in [0.25, 0.3) is 11.5 Å². The number of pyridine rings is 1. The second-order valence-electron chi connectivity index (χ2n) is 8.75. The number of fused-ring (bicyclic) bond motifs is 1. The van der Waals surface area contributed by atoms with E-state index in [1.165, 1.54) is 29.9 Å². The van der Waals surface area contributed by atoms with Gasteiger partial charge in [-0.3, -0.25) is 9.59 Å². The van der Waals surface area contributed by atoms with E-state index < -0.39 is 23.5 Å². The Kier molecular flexibility index (Phi) is 12.6. The summed E-state index contributed by atoms with van der Waals surface area (Å²) in [6.45, 7) is 12.1. The normalized spacial score (nSPS) is 13.2. The van der Waals surface area contributed by atoms with Crippen LogP contribution in [0.15, 0.2) is 29.2 Å². The number of benzene rings is 1. The van der Waals surface area contributed by atoms with Crippen LogP contribution in [0.3, 0.4) is 0 Å². The monoisotopic (exact) mass is 580 g/mol. The van der Waals surface area contributed by atoms with Crippen LogP contribution in [0.5, 0.6) is 5.75 Å². The highest BCUT2D eigenvalue weighted by Crippen LogP contribution is 2.32. The zero-order valence-corrected chi connectivity index (χ0v) is 24.9. The molecule has 3 aromatic rings. The molecule has 4 rings (SSSR count). The Bertz CT molecular complexity index is 1340. The van der Waals surface area contributed by atoms with Crippen molar-refractivity contribution >= 4 is 45.9 Å². The van der Waals surface area contributed by atoms with Crippen molar-refractivity contribution in [2.45, 2.75) is 66.6 Å². The maximum Gasteiger partial charge on any atom is 0.293 e. The molecule has 1 aromatic carbocycles. The number of aromatic nitrogens is 3. The third-order valence-corrected chi connectivity index (χ3v) is 6.24. The maximum absolute atomic E-state index is 15.8. The molecule has 0 spiro atoms. The molecule has 1 saturated heterocycles.